The van der Waals surface area contributed by atoms with Gasteiger partial charge >= 0.3 is 6.03 Å². The second kappa shape index (κ2) is 9.04. The van der Waals surface area contributed by atoms with E-state index in [1.165, 1.54) is 6.07 Å². The maximum absolute atomic E-state index is 13.9. The molecule has 134 valence electrons. The van der Waals surface area contributed by atoms with Gasteiger partial charge in [0.05, 0.1) is 16.6 Å². The van der Waals surface area contributed by atoms with E-state index in [1.54, 1.807) is 41.3 Å². The number of anilines is 1. The molecule has 2 rings (SSSR count). The van der Waals surface area contributed by atoms with Crippen molar-refractivity contribution in [1.82, 2.24) is 9.80 Å². The Balaban J connectivity index is 2.14. The van der Waals surface area contributed by atoms with Crippen LogP contribution in [0.2, 0.25) is 10.0 Å². The highest BCUT2D eigenvalue weighted by Crippen LogP contribution is 2.25. The average Bonchev–Trinajstić information content (AvgIpc) is 2.56. The summed E-state index contributed by atoms with van der Waals surface area (Å²) in [4.78, 5) is 16.2. The molecule has 7 heteroatoms. The molecule has 0 radical (unpaired) electrons. The number of urea groups is 1. The highest BCUT2D eigenvalue weighted by Gasteiger charge is 2.16. The van der Waals surface area contributed by atoms with E-state index in [4.69, 9.17) is 23.2 Å². The summed E-state index contributed by atoms with van der Waals surface area (Å²) in [6, 6.07) is 11.0. The molecule has 1 N–H and O–H groups in total. The molecule has 0 aliphatic carbocycles. The normalized spacial score (nSPS) is 10.8. The number of benzene rings is 2. The average molecular weight is 384 g/mol. The van der Waals surface area contributed by atoms with Gasteiger partial charge in [0.2, 0.25) is 0 Å². The minimum Gasteiger partial charge on any atom is -0.319 e. The first-order chi connectivity index (χ1) is 11.9. The molecule has 0 aromatic heterocycles. The maximum Gasteiger partial charge on any atom is 0.322 e. The Labute approximate surface area is 157 Å². The van der Waals surface area contributed by atoms with E-state index in [1.807, 2.05) is 19.0 Å². The van der Waals surface area contributed by atoms with Crippen LogP contribution in [0.25, 0.3) is 0 Å². The van der Waals surface area contributed by atoms with Crippen LogP contribution in [0.15, 0.2) is 42.5 Å². The van der Waals surface area contributed by atoms with Crippen molar-refractivity contribution in [3.8, 4) is 0 Å². The van der Waals surface area contributed by atoms with Crippen molar-refractivity contribution in [2.45, 2.75) is 6.54 Å². The third-order valence-corrected chi connectivity index (χ3v) is 4.33. The lowest BCUT2D eigenvalue weighted by Crippen LogP contribution is -2.39. The van der Waals surface area contributed by atoms with Crippen LogP contribution >= 0.6 is 23.2 Å². The van der Waals surface area contributed by atoms with Gasteiger partial charge < -0.3 is 15.1 Å². The third kappa shape index (κ3) is 5.88. The zero-order valence-corrected chi connectivity index (χ0v) is 15.6. The molecule has 0 heterocycles. The summed E-state index contributed by atoms with van der Waals surface area (Å²) in [6.07, 6.45) is 0. The molecule has 0 spiro atoms. The lowest BCUT2D eigenvalue weighted by molar-refractivity contribution is 0.201. The van der Waals surface area contributed by atoms with E-state index >= 15 is 0 Å². The van der Waals surface area contributed by atoms with Crippen LogP contribution in [-0.4, -0.2) is 43.0 Å². The number of halogens is 3. The predicted molar refractivity (Wildman–Crippen MR) is 101 cm³/mol. The number of hydrogen-bond donors (Lipinski definition) is 1. The molecule has 0 saturated heterocycles. The Bertz CT molecular complexity index is 740. The number of rotatable bonds is 6. The van der Waals surface area contributed by atoms with Gasteiger partial charge in [-0.3, -0.25) is 0 Å². The summed E-state index contributed by atoms with van der Waals surface area (Å²) < 4.78 is 13.9. The van der Waals surface area contributed by atoms with Crippen molar-refractivity contribution in [2.24, 2.45) is 0 Å². The Hall–Kier alpha value is -1.82. The fourth-order valence-electron chi connectivity index (χ4n) is 2.18. The lowest BCUT2D eigenvalue weighted by Gasteiger charge is -2.25. The van der Waals surface area contributed by atoms with Crippen molar-refractivity contribution in [3.63, 3.8) is 0 Å². The highest BCUT2D eigenvalue weighted by atomic mass is 35.5. The standard InChI is InChI=1S/C18H20Cl2FN3O/c1-23(2)9-10-24(12-13-5-3-4-6-17(13)21)18(25)22-14-7-8-15(19)16(20)11-14/h3-8,11H,9-10,12H2,1-2H3,(H,22,25). The molecule has 0 atom stereocenters. The first kappa shape index (κ1) is 19.5. The highest BCUT2D eigenvalue weighted by molar-refractivity contribution is 6.42. The van der Waals surface area contributed by atoms with Gasteiger partial charge in [-0.15, -0.1) is 0 Å². The van der Waals surface area contributed by atoms with Crippen LogP contribution in [0.4, 0.5) is 14.9 Å². The molecule has 0 fully saturated rings. The molecule has 0 unspecified atom stereocenters. The quantitative estimate of drug-likeness (QED) is 0.782. The molecule has 0 bridgehead atoms. The van der Waals surface area contributed by atoms with Gasteiger partial charge in [-0.05, 0) is 38.4 Å². The summed E-state index contributed by atoms with van der Waals surface area (Å²) in [5.41, 5.74) is 0.994. The largest absolute Gasteiger partial charge is 0.322 e. The molecule has 0 aliphatic heterocycles. The number of carbonyl (C=O) groups excluding carboxylic acids is 1. The van der Waals surface area contributed by atoms with Crippen molar-refractivity contribution in [2.75, 3.05) is 32.5 Å². The summed E-state index contributed by atoms with van der Waals surface area (Å²) >= 11 is 11.9. The molecule has 2 aromatic carbocycles. The summed E-state index contributed by atoms with van der Waals surface area (Å²) in [5.74, 6) is -0.334. The molecule has 25 heavy (non-hydrogen) atoms. The molecular weight excluding hydrogens is 364 g/mol. The first-order valence-electron chi connectivity index (χ1n) is 7.76. The van der Waals surface area contributed by atoms with Gasteiger partial charge in [0.25, 0.3) is 0 Å². The van der Waals surface area contributed by atoms with Crippen LogP contribution in [0.3, 0.4) is 0 Å². The molecule has 2 aromatic rings. The Morgan fingerprint density at radius 2 is 1.80 bits per heavy atom. The molecule has 0 aliphatic rings. The lowest BCUT2D eigenvalue weighted by atomic mass is 10.2. The van der Waals surface area contributed by atoms with Crippen LogP contribution in [-0.2, 0) is 6.54 Å². The van der Waals surface area contributed by atoms with Crippen molar-refractivity contribution in [1.29, 1.82) is 0 Å². The fraction of sp³-hybridized carbons (Fsp3) is 0.278. The Morgan fingerprint density at radius 1 is 1.08 bits per heavy atom. The van der Waals surface area contributed by atoms with E-state index in [2.05, 4.69) is 5.32 Å². The fourth-order valence-corrected chi connectivity index (χ4v) is 2.48. The van der Waals surface area contributed by atoms with E-state index in [-0.39, 0.29) is 18.4 Å². The number of amides is 2. The minimum absolute atomic E-state index is 0.174. The SMILES string of the molecule is CN(C)CCN(Cc1ccccc1F)C(=O)Nc1ccc(Cl)c(Cl)c1. The van der Waals surface area contributed by atoms with E-state index in [0.29, 0.717) is 34.4 Å². The van der Waals surface area contributed by atoms with Gasteiger partial charge in [0, 0.05) is 24.3 Å². The minimum atomic E-state index is -0.334. The Kier molecular flexibility index (Phi) is 7.05. The molecule has 2 amide bonds. The number of hydrogen-bond acceptors (Lipinski definition) is 2. The van der Waals surface area contributed by atoms with Crippen LogP contribution in [0.1, 0.15) is 5.56 Å². The molecular formula is C18H20Cl2FN3O. The third-order valence-electron chi connectivity index (χ3n) is 3.59. The summed E-state index contributed by atoms with van der Waals surface area (Å²) in [6.45, 7) is 1.28. The number of nitrogens with one attached hydrogen (secondary N) is 1. The molecule has 0 saturated carbocycles. The van der Waals surface area contributed by atoms with E-state index < -0.39 is 0 Å². The maximum atomic E-state index is 13.9. The second-order valence-corrected chi connectivity index (χ2v) is 6.69. The monoisotopic (exact) mass is 383 g/mol. The predicted octanol–water partition coefficient (Wildman–Crippen LogP) is 4.73. The zero-order valence-electron chi connectivity index (χ0n) is 14.1. The topological polar surface area (TPSA) is 35.6 Å². The van der Waals surface area contributed by atoms with Crippen molar-refractivity contribution in [3.05, 3.63) is 63.9 Å². The van der Waals surface area contributed by atoms with Gasteiger partial charge in [-0.25, -0.2) is 9.18 Å². The van der Waals surface area contributed by atoms with Crippen LogP contribution in [0, 0.1) is 5.82 Å². The zero-order chi connectivity index (χ0) is 18.4. The van der Waals surface area contributed by atoms with Gasteiger partial charge in [0.1, 0.15) is 5.82 Å². The summed E-state index contributed by atoms with van der Waals surface area (Å²) in [7, 11) is 3.83. The van der Waals surface area contributed by atoms with Crippen LogP contribution in [0.5, 0.6) is 0 Å². The first-order valence-corrected chi connectivity index (χ1v) is 8.51. The van der Waals surface area contributed by atoms with Crippen LogP contribution < -0.4 is 5.32 Å². The summed E-state index contributed by atoms with van der Waals surface area (Å²) in [5, 5.41) is 3.54. The van der Waals surface area contributed by atoms with Gasteiger partial charge in [-0.2, -0.15) is 0 Å². The van der Waals surface area contributed by atoms with Gasteiger partial charge in [-0.1, -0.05) is 41.4 Å². The van der Waals surface area contributed by atoms with E-state index in [9.17, 15) is 9.18 Å². The van der Waals surface area contributed by atoms with Crippen molar-refractivity contribution >= 4 is 34.9 Å². The van der Waals surface area contributed by atoms with E-state index in [0.717, 1.165) is 0 Å². The molecule has 4 nitrogen and oxygen atoms in total. The van der Waals surface area contributed by atoms with Crippen molar-refractivity contribution < 1.29 is 9.18 Å². The van der Waals surface area contributed by atoms with Gasteiger partial charge in [0.15, 0.2) is 0 Å². The number of carbonyl (C=O) groups is 1. The smallest absolute Gasteiger partial charge is 0.319 e. The second-order valence-electron chi connectivity index (χ2n) is 5.88. The number of likely N-dealkylation sites (N-methyl/N-ethyl adjacent to an activating group) is 1. The Morgan fingerprint density at radius 3 is 2.44 bits per heavy atom. The number of nitrogens with zero attached hydrogens (tertiary/aromatic N) is 2.